The highest BCUT2D eigenvalue weighted by molar-refractivity contribution is 6.40. The Labute approximate surface area is 966 Å². The summed E-state index contributed by atoms with van der Waals surface area (Å²) < 4.78 is 10.6. The van der Waals surface area contributed by atoms with E-state index < -0.39 is 5.91 Å². The number of carbonyl (C=O) groups is 1. The third kappa shape index (κ3) is 41.2. The molecule has 12 aromatic rings. The summed E-state index contributed by atoms with van der Waals surface area (Å²) in [5, 5.41) is 67.8. The minimum Gasteiger partial charge on any atom is -0.508 e. The lowest BCUT2D eigenvalue weighted by molar-refractivity contribution is 0.0998. The van der Waals surface area contributed by atoms with Crippen molar-refractivity contribution in [1.82, 2.24) is 0 Å². The molecule has 149 heavy (non-hydrogen) atoms. The molecular weight excluding hydrogens is 2180 g/mol. The molecule has 0 fully saturated rings. The largest absolute Gasteiger partial charge is 0.508 e. The van der Waals surface area contributed by atoms with Crippen molar-refractivity contribution in [2.75, 3.05) is 14.2 Å². The van der Waals surface area contributed by atoms with Gasteiger partial charge in [-0.25, -0.2) is 0 Å². The van der Waals surface area contributed by atoms with Crippen LogP contribution in [0.1, 0.15) is 325 Å². The predicted octanol–water partition coefficient (Wildman–Crippen LogP) is 43.0. The number of amides is 1. The number of nitrogens with two attached hydrogens (primary N) is 1. The molecule has 12 aromatic carbocycles. The molecule has 0 bridgehead atoms. The van der Waals surface area contributed by atoms with Gasteiger partial charge in [-0.15, -0.1) is 0 Å². The van der Waals surface area contributed by atoms with E-state index in [9.17, 15) is 35.4 Å². The number of rotatable bonds is 6. The van der Waals surface area contributed by atoms with Crippen molar-refractivity contribution in [3.05, 3.63) is 339 Å². The van der Waals surface area contributed by atoms with Gasteiger partial charge in [0, 0.05) is 93.7 Å². The van der Waals surface area contributed by atoms with Crippen LogP contribution < -0.4 is 15.2 Å². The van der Waals surface area contributed by atoms with Crippen LogP contribution in [0.25, 0.3) is 22.3 Å². The van der Waals surface area contributed by atoms with E-state index in [1.807, 2.05) is 156 Å². The van der Waals surface area contributed by atoms with E-state index in [1.165, 1.54) is 5.56 Å². The van der Waals surface area contributed by atoms with Crippen LogP contribution in [0, 0.1) is 48.5 Å². The SMILES string of the molecule is CC(C)(C)c1cc(-c2cc(Cl)ccc2Cl)c(Cl)cc1O.CCc1cc(C(C)(C)C)c(O)cc1Cl.COc1cc(C(C)(C)C)c(Cl)cc1Cl.COc1cc(Cl)c(-c2cc(Cl)ccc2Cl)cc1C(C)(C)C.Cc1cc(C(C)(C)C)c(C(N)=O)cc1Cl.Cc1cc(C(C)(C)C)c(Cl)cc1Cl.Cc1cc(C(C)(C)C)c(O)cc1Cl.Cc1cc(C(C)(C)C)c(O)cc1Cl.Cc1cc(C(C)(C)C)c(O)cc1Cl.Cc1cc(O)c(C(C)(C)C)cc1C. The summed E-state index contributed by atoms with van der Waals surface area (Å²) in [6.45, 7) is 78.3. The Bertz CT molecular complexity index is 6170. The number of methoxy groups -OCH3 is 2. The molecule has 0 heterocycles. The highest BCUT2D eigenvalue weighted by Crippen LogP contribution is 2.48. The number of hydrogen-bond donors (Lipinski definition) is 7. The highest BCUT2D eigenvalue weighted by atomic mass is 35.5. The zero-order chi connectivity index (χ0) is 116. The highest BCUT2D eigenvalue weighted by Gasteiger charge is 2.30. The fraction of sp³-hybridized carbons (Fsp3) is 0.411. The van der Waals surface area contributed by atoms with Crippen LogP contribution in [-0.4, -0.2) is 50.8 Å². The molecule has 0 aliphatic heterocycles. The molecule has 0 aliphatic carbocycles. The molecule has 25 heteroatoms. The van der Waals surface area contributed by atoms with Crippen LogP contribution in [0.15, 0.2) is 158 Å². The molecule has 0 atom stereocenters. The van der Waals surface area contributed by atoms with Gasteiger partial charge in [0.05, 0.1) is 29.3 Å². The monoisotopic (exact) mass is 2330 g/mol. The van der Waals surface area contributed by atoms with Gasteiger partial charge in [-0.2, -0.15) is 0 Å². The topological polar surface area (TPSA) is 183 Å². The summed E-state index contributed by atoms with van der Waals surface area (Å²) in [6.07, 6.45) is 0.891. The molecule has 0 spiro atoms. The van der Waals surface area contributed by atoms with Gasteiger partial charge in [-0.3, -0.25) is 4.79 Å². The fourth-order valence-corrected chi connectivity index (χ4v) is 18.6. The summed E-state index contributed by atoms with van der Waals surface area (Å²) in [4.78, 5) is 11.3. The maximum absolute atomic E-state index is 11.3. The number of carbonyl (C=O) groups excluding carboxylic acids is 1. The molecule has 0 saturated carbocycles. The maximum Gasteiger partial charge on any atom is 0.249 e. The van der Waals surface area contributed by atoms with Gasteiger partial charge in [0.1, 0.15) is 46.0 Å². The summed E-state index contributed by atoms with van der Waals surface area (Å²) in [5.74, 6) is 2.74. The van der Waals surface area contributed by atoms with E-state index in [4.69, 9.17) is 189 Å². The summed E-state index contributed by atoms with van der Waals surface area (Å²) in [7, 11) is 3.24. The number of phenolic OH excluding ortho intramolecular Hbond substituents is 6. The lowest BCUT2D eigenvalue weighted by atomic mass is 9.82. The van der Waals surface area contributed by atoms with Crippen molar-refractivity contribution in [3.8, 4) is 68.2 Å². The molecule has 816 valence electrons. The van der Waals surface area contributed by atoms with Crippen LogP contribution in [0.2, 0.25) is 75.3 Å². The number of benzene rings is 12. The van der Waals surface area contributed by atoms with E-state index in [0.717, 1.165) is 139 Å². The molecule has 1 amide bonds. The summed E-state index contributed by atoms with van der Waals surface area (Å²) in [5.41, 5.74) is 26.9. The first-order valence-electron chi connectivity index (χ1n) is 48.7. The number of hydrogen-bond acceptors (Lipinski definition) is 9. The van der Waals surface area contributed by atoms with Crippen molar-refractivity contribution >= 4 is 180 Å². The minimum atomic E-state index is -0.429. The number of phenols is 6. The standard InChI is InChI=1S/C17H17Cl3O.C16H15Cl3O.C12H16ClNO.C12H17ClO.C12H18O.C11H14Cl2O.C11H14Cl2.3C11H15ClO/c1-17(2,3)13-8-12(15(20)9-16(13)21-4)11-7-10(18)5-6-14(11)19;1-16(2,3)12-7-11(14(19)8-15(12)20)10-6-9(17)4-5-13(10)18;1-7-5-9(12(2,3)4)8(11(14)15)6-10(7)13;1-5-8-6-9(12(2,3)4)11(14)7-10(8)13;1-8-6-10(12(3,4)5)11(13)7-9(8)2;1-11(2,3)7-5-10(14-4)9(13)6-8(7)12;4*1-7-5-8(11(2,3)4)10(13)6-9(7)12/h5-9H,1-4H3;4-8,20H,1-3H3;5-6H,1-4H3,(H2,14,15);6-7,14H,5H2,1-4H3;6-7,13H,1-5H3;5-6H,1-4H3;5-6H,1-4H3;3*5-6,13H,1-4H3. The Kier molecular flexibility index (Phi) is 50.6. The van der Waals surface area contributed by atoms with Gasteiger partial charge >= 0.3 is 0 Å². The Morgan fingerprint density at radius 3 is 0.779 bits per heavy atom. The quantitative estimate of drug-likeness (QED) is 0.0852. The van der Waals surface area contributed by atoms with Crippen LogP contribution in [0.5, 0.6) is 46.0 Å². The number of halogens is 15. The van der Waals surface area contributed by atoms with E-state index in [-0.39, 0.29) is 77.1 Å². The van der Waals surface area contributed by atoms with Crippen LogP contribution in [-0.2, 0) is 60.6 Å². The molecule has 0 radical (unpaired) electrons. The van der Waals surface area contributed by atoms with E-state index in [2.05, 4.69) is 192 Å². The van der Waals surface area contributed by atoms with Crippen LogP contribution in [0.3, 0.4) is 0 Å². The average molecular weight is 2340 g/mol. The van der Waals surface area contributed by atoms with Crippen molar-refractivity contribution in [1.29, 1.82) is 0 Å². The summed E-state index contributed by atoms with van der Waals surface area (Å²) in [6, 6.07) is 47.2. The second kappa shape index (κ2) is 55.5. The maximum atomic E-state index is 11.3. The number of aryl methyl sites for hydroxylation is 8. The minimum absolute atomic E-state index is 0.00501. The van der Waals surface area contributed by atoms with Gasteiger partial charge in [0.2, 0.25) is 5.91 Å². The van der Waals surface area contributed by atoms with Crippen molar-refractivity contribution in [2.45, 2.75) is 324 Å². The lowest BCUT2D eigenvalue weighted by Crippen LogP contribution is -2.21. The van der Waals surface area contributed by atoms with Gasteiger partial charge in [0.15, 0.2) is 0 Å². The van der Waals surface area contributed by atoms with Crippen LogP contribution >= 0.6 is 174 Å². The Morgan fingerprint density at radius 2 is 0.463 bits per heavy atom. The molecule has 0 aromatic heterocycles. The van der Waals surface area contributed by atoms with E-state index >= 15 is 0 Å². The molecule has 8 N–H and O–H groups in total. The molecule has 12 rings (SSSR count). The third-order valence-electron chi connectivity index (χ3n) is 23.9. The lowest BCUT2D eigenvalue weighted by Gasteiger charge is -2.24. The first kappa shape index (κ1) is 136. The second-order valence-corrected chi connectivity index (χ2v) is 53.5. The Morgan fingerprint density at radius 1 is 0.228 bits per heavy atom. The first-order chi connectivity index (χ1) is 67.5. The normalized spacial score (nSPS) is 11.7. The zero-order valence-electron chi connectivity index (χ0n) is 94.4. The van der Waals surface area contributed by atoms with E-state index in [0.29, 0.717) is 88.1 Å². The Hall–Kier alpha value is -7.14. The predicted molar refractivity (Wildman–Crippen MR) is 652 cm³/mol. The van der Waals surface area contributed by atoms with Gasteiger partial charge in [-0.1, -0.05) is 431 Å². The molecule has 0 saturated heterocycles. The number of ether oxygens (including phenoxy) is 2. The fourth-order valence-electron chi connectivity index (χ4n) is 15.0. The van der Waals surface area contributed by atoms with Gasteiger partial charge < -0.3 is 45.8 Å². The van der Waals surface area contributed by atoms with Crippen molar-refractivity contribution in [2.24, 2.45) is 5.73 Å². The van der Waals surface area contributed by atoms with Crippen LogP contribution in [0.4, 0.5) is 0 Å². The first-order valence-corrected chi connectivity index (χ1v) is 54.4. The van der Waals surface area contributed by atoms with E-state index in [1.54, 1.807) is 87.0 Å². The van der Waals surface area contributed by atoms with Crippen molar-refractivity contribution in [3.63, 3.8) is 0 Å². The Balaban J connectivity index is 0.000000427. The molecule has 0 unspecified atom stereocenters. The summed E-state index contributed by atoms with van der Waals surface area (Å²) >= 11 is 91.0. The number of primary amides is 1. The average Bonchev–Trinajstić information content (AvgIpc) is 0.787. The molecule has 10 nitrogen and oxygen atoms in total. The van der Waals surface area contributed by atoms with Crippen molar-refractivity contribution < 1.29 is 44.9 Å². The van der Waals surface area contributed by atoms with Gasteiger partial charge in [0.25, 0.3) is 0 Å². The third-order valence-corrected chi connectivity index (χ3v) is 29.0. The van der Waals surface area contributed by atoms with Gasteiger partial charge in [-0.05, 0) is 319 Å². The molecule has 0 aliphatic rings. The second-order valence-electron chi connectivity index (χ2n) is 47.3. The smallest absolute Gasteiger partial charge is 0.249 e. The molecular formula is C124H156Cl15NO9. The number of aromatic hydroxyl groups is 6. The zero-order valence-corrected chi connectivity index (χ0v) is 106.